The fraction of sp³-hybridized carbons (Fsp3) is 0.417. The average molecular weight is 259 g/mol. The Morgan fingerprint density at radius 1 is 1.53 bits per heavy atom. The van der Waals surface area contributed by atoms with Crippen molar-refractivity contribution in [3.05, 3.63) is 28.8 Å². The van der Waals surface area contributed by atoms with E-state index in [1.54, 1.807) is 18.2 Å². The smallest absolute Gasteiger partial charge is 0.306 e. The second kappa shape index (κ2) is 5.89. The Morgan fingerprint density at radius 3 is 2.71 bits per heavy atom. The highest BCUT2D eigenvalue weighted by molar-refractivity contribution is 6.31. The number of hydrogen-bond donors (Lipinski definition) is 2. The summed E-state index contributed by atoms with van der Waals surface area (Å²) < 4.78 is 5.10. The number of carbonyl (C=O) groups is 1. The van der Waals surface area contributed by atoms with Crippen molar-refractivity contribution in [3.63, 3.8) is 0 Å². The molecule has 94 valence electrons. The van der Waals surface area contributed by atoms with Gasteiger partial charge in [0.25, 0.3) is 0 Å². The van der Waals surface area contributed by atoms with E-state index >= 15 is 0 Å². The van der Waals surface area contributed by atoms with Crippen LogP contribution in [-0.4, -0.2) is 23.3 Å². The third-order valence-corrected chi connectivity index (χ3v) is 2.89. The third kappa shape index (κ3) is 3.35. The number of aliphatic carboxylic acids is 1. The maximum absolute atomic E-state index is 10.7. The van der Waals surface area contributed by atoms with Crippen LogP contribution in [-0.2, 0) is 4.79 Å². The number of ether oxygens (including phenoxy) is 1. The van der Waals surface area contributed by atoms with Crippen molar-refractivity contribution in [3.8, 4) is 5.75 Å². The summed E-state index contributed by atoms with van der Waals surface area (Å²) in [6.45, 7) is 1.54. The van der Waals surface area contributed by atoms with Crippen molar-refractivity contribution in [2.24, 2.45) is 5.92 Å². The summed E-state index contributed by atoms with van der Waals surface area (Å²) in [7, 11) is 1.47. The Hall–Kier alpha value is -1.26. The van der Waals surface area contributed by atoms with E-state index in [4.69, 9.17) is 21.4 Å². The van der Waals surface area contributed by atoms with Crippen molar-refractivity contribution in [2.75, 3.05) is 7.11 Å². The van der Waals surface area contributed by atoms with Gasteiger partial charge >= 0.3 is 5.97 Å². The Kier molecular flexibility index (Phi) is 4.78. The van der Waals surface area contributed by atoms with E-state index in [1.165, 1.54) is 14.0 Å². The first kappa shape index (κ1) is 13.8. The van der Waals surface area contributed by atoms with E-state index in [1.807, 2.05) is 0 Å². The Morgan fingerprint density at radius 2 is 2.18 bits per heavy atom. The quantitative estimate of drug-likeness (QED) is 0.852. The normalized spacial score (nSPS) is 14.1. The number of halogens is 1. The lowest BCUT2D eigenvalue weighted by Crippen LogP contribution is -2.14. The molecule has 0 heterocycles. The molecule has 2 N–H and O–H groups in total. The van der Waals surface area contributed by atoms with Crippen molar-refractivity contribution >= 4 is 17.6 Å². The molecule has 0 aliphatic heterocycles. The van der Waals surface area contributed by atoms with Gasteiger partial charge in [-0.15, -0.1) is 0 Å². The molecule has 2 unspecified atom stereocenters. The van der Waals surface area contributed by atoms with Crippen LogP contribution in [0.3, 0.4) is 0 Å². The van der Waals surface area contributed by atoms with Crippen LogP contribution in [0.5, 0.6) is 5.75 Å². The molecule has 0 fully saturated rings. The first-order chi connectivity index (χ1) is 7.97. The Bertz CT molecular complexity index is 405. The molecule has 0 bridgehead atoms. The van der Waals surface area contributed by atoms with Crippen LogP contribution in [0.1, 0.15) is 25.0 Å². The molecule has 17 heavy (non-hydrogen) atoms. The molecule has 0 aliphatic carbocycles. The zero-order valence-corrected chi connectivity index (χ0v) is 10.4. The second-order valence-electron chi connectivity index (χ2n) is 3.85. The topological polar surface area (TPSA) is 66.8 Å². The lowest BCUT2D eigenvalue weighted by Gasteiger charge is -2.17. The van der Waals surface area contributed by atoms with Gasteiger partial charge in [-0.05, 0) is 18.6 Å². The molecule has 1 rings (SSSR count). The van der Waals surface area contributed by atoms with Crippen molar-refractivity contribution in [2.45, 2.75) is 19.4 Å². The molecule has 0 radical (unpaired) electrons. The molecule has 0 amide bonds. The summed E-state index contributed by atoms with van der Waals surface area (Å²) >= 11 is 5.98. The number of benzene rings is 1. The predicted octanol–water partition coefficient (Wildman–Crippen LogP) is 2.49. The van der Waals surface area contributed by atoms with Crippen molar-refractivity contribution in [1.29, 1.82) is 0 Å². The lowest BCUT2D eigenvalue weighted by molar-refractivity contribution is -0.142. The SMILES string of the molecule is COc1cccc(Cl)c1C(O)CC(C)C(=O)O. The highest BCUT2D eigenvalue weighted by Gasteiger charge is 2.22. The van der Waals surface area contributed by atoms with Gasteiger partial charge in [-0.1, -0.05) is 24.6 Å². The largest absolute Gasteiger partial charge is 0.496 e. The molecule has 0 saturated carbocycles. The predicted molar refractivity (Wildman–Crippen MR) is 64.4 cm³/mol. The first-order valence-electron chi connectivity index (χ1n) is 5.20. The van der Waals surface area contributed by atoms with Gasteiger partial charge in [0.2, 0.25) is 0 Å². The van der Waals surface area contributed by atoms with Crippen LogP contribution in [0, 0.1) is 5.92 Å². The van der Waals surface area contributed by atoms with Gasteiger partial charge in [-0.3, -0.25) is 4.79 Å². The van der Waals surface area contributed by atoms with Gasteiger partial charge in [0.1, 0.15) is 5.75 Å². The van der Waals surface area contributed by atoms with Crippen LogP contribution in [0.4, 0.5) is 0 Å². The molecular weight excluding hydrogens is 244 g/mol. The summed E-state index contributed by atoms with van der Waals surface area (Å²) in [6.07, 6.45) is -0.861. The minimum atomic E-state index is -0.954. The monoisotopic (exact) mass is 258 g/mol. The molecular formula is C12H15ClO4. The minimum Gasteiger partial charge on any atom is -0.496 e. The molecule has 0 aliphatic rings. The van der Waals surface area contributed by atoms with E-state index in [9.17, 15) is 9.90 Å². The minimum absolute atomic E-state index is 0.0927. The first-order valence-corrected chi connectivity index (χ1v) is 5.58. The highest BCUT2D eigenvalue weighted by atomic mass is 35.5. The number of carboxylic acids is 1. The maximum atomic E-state index is 10.7. The summed E-state index contributed by atoms with van der Waals surface area (Å²) in [5, 5.41) is 19.2. The van der Waals surface area contributed by atoms with Crippen LogP contribution in [0.15, 0.2) is 18.2 Å². The van der Waals surface area contributed by atoms with E-state index in [0.717, 1.165) is 0 Å². The zero-order valence-electron chi connectivity index (χ0n) is 9.68. The van der Waals surface area contributed by atoms with Gasteiger partial charge < -0.3 is 14.9 Å². The fourth-order valence-electron chi connectivity index (χ4n) is 1.57. The zero-order chi connectivity index (χ0) is 13.0. The molecule has 5 heteroatoms. The number of aliphatic hydroxyl groups excluding tert-OH is 1. The number of methoxy groups -OCH3 is 1. The van der Waals surface area contributed by atoms with Crippen LogP contribution in [0.25, 0.3) is 0 Å². The van der Waals surface area contributed by atoms with Crippen LogP contribution >= 0.6 is 11.6 Å². The molecule has 0 spiro atoms. The number of hydrogen-bond acceptors (Lipinski definition) is 3. The molecule has 1 aromatic carbocycles. The Labute approximate surface area is 105 Å². The van der Waals surface area contributed by atoms with Gasteiger partial charge in [-0.25, -0.2) is 0 Å². The summed E-state index contributed by atoms with van der Waals surface area (Å²) in [5.41, 5.74) is 0.435. The van der Waals surface area contributed by atoms with Crippen molar-refractivity contribution in [1.82, 2.24) is 0 Å². The summed E-state index contributed by atoms with van der Waals surface area (Å²) in [6, 6.07) is 5.02. The van der Waals surface area contributed by atoms with Gasteiger partial charge in [0, 0.05) is 5.56 Å². The maximum Gasteiger partial charge on any atom is 0.306 e. The van der Waals surface area contributed by atoms with E-state index in [2.05, 4.69) is 0 Å². The van der Waals surface area contributed by atoms with Crippen molar-refractivity contribution < 1.29 is 19.7 Å². The van der Waals surface area contributed by atoms with Gasteiger partial charge in [0.15, 0.2) is 0 Å². The third-order valence-electron chi connectivity index (χ3n) is 2.56. The van der Waals surface area contributed by atoms with Crippen LogP contribution in [0.2, 0.25) is 5.02 Å². The van der Waals surface area contributed by atoms with Gasteiger partial charge in [0.05, 0.1) is 24.2 Å². The van der Waals surface area contributed by atoms with E-state index in [-0.39, 0.29) is 6.42 Å². The molecule has 0 saturated heterocycles. The average Bonchev–Trinajstić information content (AvgIpc) is 2.27. The number of aliphatic hydroxyl groups is 1. The fourth-order valence-corrected chi connectivity index (χ4v) is 1.86. The second-order valence-corrected chi connectivity index (χ2v) is 4.25. The lowest BCUT2D eigenvalue weighted by atomic mass is 9.97. The Balaban J connectivity index is 2.95. The molecule has 1 aromatic rings. The molecule has 2 atom stereocenters. The number of rotatable bonds is 5. The van der Waals surface area contributed by atoms with Gasteiger partial charge in [-0.2, -0.15) is 0 Å². The molecule has 4 nitrogen and oxygen atoms in total. The van der Waals surface area contributed by atoms with E-state index < -0.39 is 18.0 Å². The van der Waals surface area contributed by atoms with Crippen LogP contribution < -0.4 is 4.74 Å². The summed E-state index contributed by atoms with van der Waals surface area (Å²) in [5.74, 6) is -1.14. The highest BCUT2D eigenvalue weighted by Crippen LogP contribution is 2.35. The number of carboxylic acid groups (broad SMARTS) is 1. The molecule has 0 aromatic heterocycles. The standard InChI is InChI=1S/C12H15ClO4/c1-7(12(15)16)6-9(14)11-8(13)4-3-5-10(11)17-2/h3-5,7,9,14H,6H2,1-2H3,(H,15,16). The summed E-state index contributed by atoms with van der Waals surface area (Å²) in [4.78, 5) is 10.7. The van der Waals surface area contributed by atoms with E-state index in [0.29, 0.717) is 16.3 Å².